The van der Waals surface area contributed by atoms with Crippen molar-refractivity contribution in [1.82, 2.24) is 19.4 Å². The van der Waals surface area contributed by atoms with Crippen LogP contribution in [0.1, 0.15) is 32.1 Å². The summed E-state index contributed by atoms with van der Waals surface area (Å²) in [7, 11) is 0. The van der Waals surface area contributed by atoms with Gasteiger partial charge in [0.15, 0.2) is 0 Å². The molecule has 4 rings (SSSR count). The molecule has 0 aromatic carbocycles. The van der Waals surface area contributed by atoms with Crippen molar-refractivity contribution in [1.29, 1.82) is 0 Å². The van der Waals surface area contributed by atoms with E-state index in [4.69, 9.17) is 0 Å². The maximum atomic E-state index is 12.5. The van der Waals surface area contributed by atoms with Gasteiger partial charge in [0, 0.05) is 37.7 Å². The standard InChI is InChI=1S/C17H20N4O2/c22-16-7-12(10-21(16)13-3-1-2-4-13)9-20-11-19-15-8-18-6-5-14(15)17(20)23/h5-6,8,11-13H,1-4,7,9-10H2. The van der Waals surface area contributed by atoms with Gasteiger partial charge < -0.3 is 4.90 Å². The zero-order valence-electron chi connectivity index (χ0n) is 13.0. The summed E-state index contributed by atoms with van der Waals surface area (Å²) in [5.74, 6) is 0.440. The van der Waals surface area contributed by atoms with Crippen LogP contribution in [0.15, 0.2) is 29.6 Å². The molecule has 6 heteroatoms. The van der Waals surface area contributed by atoms with E-state index in [2.05, 4.69) is 9.97 Å². The van der Waals surface area contributed by atoms with Crippen molar-refractivity contribution < 1.29 is 4.79 Å². The first kappa shape index (κ1) is 14.4. The fraction of sp³-hybridized carbons (Fsp3) is 0.529. The van der Waals surface area contributed by atoms with Crippen molar-refractivity contribution in [2.75, 3.05) is 6.54 Å². The summed E-state index contributed by atoms with van der Waals surface area (Å²) in [6, 6.07) is 2.12. The second kappa shape index (κ2) is 5.76. The van der Waals surface area contributed by atoms with Gasteiger partial charge in [-0.05, 0) is 18.9 Å². The second-order valence-corrected chi connectivity index (χ2v) is 6.65. The Hall–Kier alpha value is -2.24. The third-order valence-electron chi connectivity index (χ3n) is 5.09. The number of hydrogen-bond acceptors (Lipinski definition) is 4. The lowest BCUT2D eigenvalue weighted by atomic mass is 10.1. The lowest BCUT2D eigenvalue weighted by Gasteiger charge is -2.24. The number of pyridine rings is 1. The molecule has 0 bridgehead atoms. The average Bonchev–Trinajstić information content (AvgIpc) is 3.20. The molecule has 1 saturated heterocycles. The molecule has 0 N–H and O–H groups in total. The Kier molecular flexibility index (Phi) is 3.59. The van der Waals surface area contributed by atoms with Crippen LogP contribution in [-0.4, -0.2) is 37.9 Å². The number of rotatable bonds is 3. The van der Waals surface area contributed by atoms with Crippen LogP contribution in [0.2, 0.25) is 0 Å². The van der Waals surface area contributed by atoms with Gasteiger partial charge in [-0.2, -0.15) is 0 Å². The van der Waals surface area contributed by atoms with Crippen LogP contribution in [0.3, 0.4) is 0 Å². The summed E-state index contributed by atoms with van der Waals surface area (Å²) in [4.78, 5) is 35.1. The van der Waals surface area contributed by atoms with Gasteiger partial charge in [-0.15, -0.1) is 0 Å². The SMILES string of the molecule is O=C1CC(Cn2cnc3cnccc3c2=O)CN1C1CCCC1. The van der Waals surface area contributed by atoms with Crippen molar-refractivity contribution in [3.05, 3.63) is 35.1 Å². The first-order chi connectivity index (χ1) is 11.2. The molecule has 1 atom stereocenters. The molecule has 23 heavy (non-hydrogen) atoms. The van der Waals surface area contributed by atoms with Gasteiger partial charge in [-0.1, -0.05) is 12.8 Å². The summed E-state index contributed by atoms with van der Waals surface area (Å²) in [6.07, 6.45) is 10.0. The lowest BCUT2D eigenvalue weighted by Crippen LogP contribution is -2.35. The number of fused-ring (bicyclic) bond motifs is 1. The largest absolute Gasteiger partial charge is 0.339 e. The molecule has 1 unspecified atom stereocenters. The highest BCUT2D eigenvalue weighted by Gasteiger charge is 2.35. The van der Waals surface area contributed by atoms with Crippen LogP contribution in [0, 0.1) is 5.92 Å². The summed E-state index contributed by atoms with van der Waals surface area (Å²) >= 11 is 0. The van der Waals surface area contributed by atoms with Crippen molar-refractivity contribution in [3.8, 4) is 0 Å². The normalized spacial score (nSPS) is 22.3. The maximum Gasteiger partial charge on any atom is 0.261 e. The predicted molar refractivity (Wildman–Crippen MR) is 85.9 cm³/mol. The number of aromatic nitrogens is 3. The van der Waals surface area contributed by atoms with Crippen molar-refractivity contribution in [2.45, 2.75) is 44.7 Å². The van der Waals surface area contributed by atoms with Gasteiger partial charge in [-0.25, -0.2) is 4.98 Å². The lowest BCUT2D eigenvalue weighted by molar-refractivity contribution is -0.129. The van der Waals surface area contributed by atoms with Crippen molar-refractivity contribution in [2.24, 2.45) is 5.92 Å². The zero-order valence-corrected chi connectivity index (χ0v) is 13.0. The van der Waals surface area contributed by atoms with Gasteiger partial charge in [-0.3, -0.25) is 19.1 Å². The van der Waals surface area contributed by atoms with E-state index in [1.165, 1.54) is 12.8 Å². The molecule has 1 aliphatic carbocycles. The molecule has 6 nitrogen and oxygen atoms in total. The number of carbonyl (C=O) groups excluding carboxylic acids is 1. The molecule has 2 aliphatic rings. The average molecular weight is 312 g/mol. The van der Waals surface area contributed by atoms with Crippen LogP contribution >= 0.6 is 0 Å². The number of nitrogens with zero attached hydrogens (tertiary/aromatic N) is 4. The molecular formula is C17H20N4O2. The maximum absolute atomic E-state index is 12.5. The topological polar surface area (TPSA) is 68.1 Å². The molecule has 1 aliphatic heterocycles. The predicted octanol–water partition coefficient (Wildman–Crippen LogP) is 1.58. The van der Waals surface area contributed by atoms with Crippen LogP contribution in [-0.2, 0) is 11.3 Å². The minimum atomic E-state index is -0.0517. The monoisotopic (exact) mass is 312 g/mol. The molecule has 0 radical (unpaired) electrons. The minimum Gasteiger partial charge on any atom is -0.339 e. The van der Waals surface area contributed by atoms with Crippen LogP contribution in [0.25, 0.3) is 10.9 Å². The molecule has 2 fully saturated rings. The third kappa shape index (κ3) is 2.62. The summed E-state index contributed by atoms with van der Waals surface area (Å²) in [6.45, 7) is 1.32. The van der Waals surface area contributed by atoms with E-state index in [0.29, 0.717) is 29.9 Å². The Bertz CT molecular complexity index is 795. The first-order valence-electron chi connectivity index (χ1n) is 8.31. The van der Waals surface area contributed by atoms with Crippen LogP contribution in [0.4, 0.5) is 0 Å². The second-order valence-electron chi connectivity index (χ2n) is 6.65. The fourth-order valence-electron chi connectivity index (χ4n) is 3.92. The smallest absolute Gasteiger partial charge is 0.261 e. The van der Waals surface area contributed by atoms with Crippen LogP contribution < -0.4 is 5.56 Å². The van der Waals surface area contributed by atoms with E-state index in [9.17, 15) is 9.59 Å². The van der Waals surface area contributed by atoms with E-state index in [1.54, 1.807) is 29.4 Å². The minimum absolute atomic E-state index is 0.0517. The highest BCUT2D eigenvalue weighted by molar-refractivity contribution is 5.79. The Labute approximate surface area is 134 Å². The highest BCUT2D eigenvalue weighted by atomic mass is 16.2. The van der Waals surface area contributed by atoms with E-state index in [-0.39, 0.29) is 17.4 Å². The van der Waals surface area contributed by atoms with Gasteiger partial charge in [0.25, 0.3) is 5.56 Å². The van der Waals surface area contributed by atoms with Gasteiger partial charge in [0.05, 0.1) is 23.4 Å². The molecule has 3 heterocycles. The van der Waals surface area contributed by atoms with E-state index < -0.39 is 0 Å². The van der Waals surface area contributed by atoms with Gasteiger partial charge >= 0.3 is 0 Å². The molecule has 1 amide bonds. The summed E-state index contributed by atoms with van der Waals surface area (Å²) < 4.78 is 1.64. The Morgan fingerprint density at radius 1 is 1.22 bits per heavy atom. The quantitative estimate of drug-likeness (QED) is 0.863. The molecule has 2 aromatic heterocycles. The van der Waals surface area contributed by atoms with Gasteiger partial charge in [0.1, 0.15) is 0 Å². The number of likely N-dealkylation sites (tertiary alicyclic amines) is 1. The Balaban J connectivity index is 1.53. The Morgan fingerprint density at radius 2 is 2.04 bits per heavy atom. The first-order valence-corrected chi connectivity index (χ1v) is 8.31. The third-order valence-corrected chi connectivity index (χ3v) is 5.09. The van der Waals surface area contributed by atoms with Crippen molar-refractivity contribution >= 4 is 16.8 Å². The molecular weight excluding hydrogens is 292 g/mol. The molecule has 2 aromatic rings. The summed E-state index contributed by atoms with van der Waals surface area (Å²) in [5, 5.41) is 0.583. The highest BCUT2D eigenvalue weighted by Crippen LogP contribution is 2.29. The van der Waals surface area contributed by atoms with Crippen molar-refractivity contribution in [3.63, 3.8) is 0 Å². The van der Waals surface area contributed by atoms with Crippen LogP contribution in [0.5, 0.6) is 0 Å². The molecule has 0 spiro atoms. The number of amides is 1. The van der Waals surface area contributed by atoms with E-state index in [1.807, 2.05) is 4.90 Å². The van der Waals surface area contributed by atoms with E-state index >= 15 is 0 Å². The summed E-state index contributed by atoms with van der Waals surface area (Å²) in [5.41, 5.74) is 0.563. The Morgan fingerprint density at radius 3 is 2.87 bits per heavy atom. The number of hydrogen-bond donors (Lipinski definition) is 0. The fourth-order valence-corrected chi connectivity index (χ4v) is 3.92. The number of carbonyl (C=O) groups is 1. The van der Waals surface area contributed by atoms with Gasteiger partial charge in [0.2, 0.25) is 5.91 Å². The molecule has 1 saturated carbocycles. The molecule has 120 valence electrons. The zero-order chi connectivity index (χ0) is 15.8. The van der Waals surface area contributed by atoms with E-state index in [0.717, 1.165) is 19.4 Å².